The van der Waals surface area contributed by atoms with Crippen molar-refractivity contribution >= 4 is 35.1 Å². The lowest BCUT2D eigenvalue weighted by molar-refractivity contribution is -0.158. The van der Waals surface area contributed by atoms with Crippen LogP contribution in [-0.4, -0.2) is 31.1 Å². The van der Waals surface area contributed by atoms with Crippen molar-refractivity contribution in [1.82, 2.24) is 4.98 Å². The van der Waals surface area contributed by atoms with Crippen molar-refractivity contribution in [2.75, 3.05) is 14.2 Å². The fourth-order valence-corrected chi connectivity index (χ4v) is 3.24. The molecule has 114 valence electrons. The first-order valence-electron chi connectivity index (χ1n) is 6.39. The van der Waals surface area contributed by atoms with Crippen LogP contribution in [0.5, 0.6) is 0 Å². The van der Waals surface area contributed by atoms with Crippen LogP contribution in [0.15, 0.2) is 0 Å². The van der Waals surface area contributed by atoms with Crippen LogP contribution < -0.4 is 0 Å². The molecule has 0 spiro atoms. The monoisotopic (exact) mass is 331 g/mol. The number of carbonyl (C=O) groups is 2. The van der Waals surface area contributed by atoms with Gasteiger partial charge in [0.25, 0.3) is 0 Å². The first-order valence-corrected chi connectivity index (χ1v) is 7.15. The van der Waals surface area contributed by atoms with Crippen LogP contribution >= 0.6 is 23.2 Å². The van der Waals surface area contributed by atoms with Crippen molar-refractivity contribution in [3.63, 3.8) is 0 Å². The normalized spacial score (nSPS) is 20.6. The maximum atomic E-state index is 12.0. The molecule has 1 aromatic rings. The zero-order valence-electron chi connectivity index (χ0n) is 11.9. The van der Waals surface area contributed by atoms with Crippen molar-refractivity contribution < 1.29 is 19.1 Å². The van der Waals surface area contributed by atoms with Gasteiger partial charge in [-0.15, -0.1) is 0 Å². The molecule has 2 atom stereocenters. The summed E-state index contributed by atoms with van der Waals surface area (Å²) in [6.45, 7) is 1.82. The van der Waals surface area contributed by atoms with Gasteiger partial charge in [0, 0.05) is 0 Å². The van der Waals surface area contributed by atoms with Gasteiger partial charge in [0.2, 0.25) is 0 Å². The largest absolute Gasteiger partial charge is 0.469 e. The number of methoxy groups -OCH3 is 2. The number of hydrogen-bond acceptors (Lipinski definition) is 5. The lowest BCUT2D eigenvalue weighted by Gasteiger charge is -2.31. The molecule has 0 N–H and O–H groups in total. The van der Waals surface area contributed by atoms with Gasteiger partial charge in [-0.3, -0.25) is 9.59 Å². The molecule has 0 saturated heterocycles. The molecule has 1 heterocycles. The molecular weight excluding hydrogens is 317 g/mol. The Bertz CT molecular complexity index is 603. The van der Waals surface area contributed by atoms with Crippen LogP contribution in [0.4, 0.5) is 0 Å². The highest BCUT2D eigenvalue weighted by molar-refractivity contribution is 6.33. The molecule has 0 bridgehead atoms. The Morgan fingerprint density at radius 1 is 1.00 bits per heavy atom. The van der Waals surface area contributed by atoms with Gasteiger partial charge in [-0.1, -0.05) is 23.2 Å². The second-order valence-electron chi connectivity index (χ2n) is 4.94. The van der Waals surface area contributed by atoms with E-state index in [0.29, 0.717) is 11.6 Å². The molecule has 1 aliphatic carbocycles. The van der Waals surface area contributed by atoms with Gasteiger partial charge >= 0.3 is 11.9 Å². The second-order valence-corrected chi connectivity index (χ2v) is 5.66. The smallest absolute Gasteiger partial charge is 0.309 e. The zero-order chi connectivity index (χ0) is 15.7. The van der Waals surface area contributed by atoms with Crippen LogP contribution in [0, 0.1) is 18.8 Å². The standard InChI is InChI=1S/C14H15Cl2NO4/c1-6-7-4-9(13(18)20-2)10(14(19)21-3)5-8(7)12(16)17-11(6)15/h9-10H,4-5H2,1-3H3/t9-,10-/m1/s1. The van der Waals surface area contributed by atoms with E-state index in [1.54, 1.807) is 0 Å². The summed E-state index contributed by atoms with van der Waals surface area (Å²) >= 11 is 12.2. The van der Waals surface area contributed by atoms with Crippen LogP contribution in [0.3, 0.4) is 0 Å². The molecule has 21 heavy (non-hydrogen) atoms. The molecule has 0 unspecified atom stereocenters. The number of esters is 2. The van der Waals surface area contributed by atoms with Crippen molar-refractivity contribution in [2.24, 2.45) is 11.8 Å². The number of halogens is 2. The molecule has 7 heteroatoms. The highest BCUT2D eigenvalue weighted by Gasteiger charge is 2.41. The summed E-state index contributed by atoms with van der Waals surface area (Å²) < 4.78 is 9.59. The number of pyridine rings is 1. The number of carbonyl (C=O) groups excluding carboxylic acids is 2. The SMILES string of the molecule is COC(=O)[C@@H]1Cc2c(Cl)nc(Cl)c(C)c2C[C@H]1C(=O)OC. The zero-order valence-corrected chi connectivity index (χ0v) is 13.4. The molecule has 0 aromatic carbocycles. The molecule has 1 aromatic heterocycles. The molecule has 0 saturated carbocycles. The number of fused-ring (bicyclic) bond motifs is 1. The van der Waals surface area contributed by atoms with Crippen molar-refractivity contribution in [2.45, 2.75) is 19.8 Å². The van der Waals surface area contributed by atoms with Crippen molar-refractivity contribution in [3.05, 3.63) is 27.0 Å². The lowest BCUT2D eigenvalue weighted by Crippen LogP contribution is -2.38. The Kier molecular flexibility index (Phi) is 4.74. The lowest BCUT2D eigenvalue weighted by atomic mass is 9.75. The second kappa shape index (κ2) is 6.20. The summed E-state index contributed by atoms with van der Waals surface area (Å²) in [6, 6.07) is 0. The van der Waals surface area contributed by atoms with E-state index in [1.807, 2.05) is 6.92 Å². The van der Waals surface area contributed by atoms with E-state index in [2.05, 4.69) is 4.98 Å². The third kappa shape index (κ3) is 2.85. The summed E-state index contributed by atoms with van der Waals surface area (Å²) in [6.07, 6.45) is 0.612. The highest BCUT2D eigenvalue weighted by Crippen LogP contribution is 2.38. The predicted molar refractivity (Wildman–Crippen MR) is 77.4 cm³/mol. The first kappa shape index (κ1) is 16.0. The van der Waals surface area contributed by atoms with Gasteiger partial charge in [-0.2, -0.15) is 0 Å². The third-order valence-corrected chi connectivity index (χ3v) is 4.59. The summed E-state index contributed by atoms with van der Waals surface area (Å²) in [5.41, 5.74) is 2.37. The summed E-state index contributed by atoms with van der Waals surface area (Å²) in [7, 11) is 2.59. The molecule has 0 amide bonds. The topological polar surface area (TPSA) is 65.5 Å². The minimum absolute atomic E-state index is 0.262. The van der Waals surface area contributed by atoms with E-state index in [-0.39, 0.29) is 11.6 Å². The van der Waals surface area contributed by atoms with E-state index in [9.17, 15) is 9.59 Å². The van der Waals surface area contributed by atoms with Gasteiger partial charge in [0.15, 0.2) is 0 Å². The fraction of sp³-hybridized carbons (Fsp3) is 0.500. The Balaban J connectivity index is 2.52. The summed E-state index contributed by atoms with van der Waals surface area (Å²) in [5, 5.41) is 0.566. The third-order valence-electron chi connectivity index (χ3n) is 3.91. The Morgan fingerprint density at radius 2 is 1.48 bits per heavy atom. The molecule has 0 radical (unpaired) electrons. The highest BCUT2D eigenvalue weighted by atomic mass is 35.5. The van der Waals surface area contributed by atoms with Crippen LogP contribution in [0.1, 0.15) is 16.7 Å². The minimum atomic E-state index is -0.630. The molecular formula is C14H15Cl2NO4. The number of nitrogens with zero attached hydrogens (tertiary/aromatic N) is 1. The van der Waals surface area contributed by atoms with E-state index < -0.39 is 23.8 Å². The molecule has 1 aliphatic rings. The molecule has 0 aliphatic heterocycles. The van der Waals surface area contributed by atoms with E-state index >= 15 is 0 Å². The van der Waals surface area contributed by atoms with E-state index in [4.69, 9.17) is 32.7 Å². The summed E-state index contributed by atoms with van der Waals surface area (Å²) in [4.78, 5) is 28.0. The quantitative estimate of drug-likeness (QED) is 0.614. The van der Waals surface area contributed by atoms with Crippen LogP contribution in [0.25, 0.3) is 0 Å². The van der Waals surface area contributed by atoms with Crippen LogP contribution in [0.2, 0.25) is 10.3 Å². The maximum absolute atomic E-state index is 12.0. The fourth-order valence-electron chi connectivity index (χ4n) is 2.72. The van der Waals surface area contributed by atoms with Gasteiger partial charge in [0.1, 0.15) is 10.3 Å². The van der Waals surface area contributed by atoms with Gasteiger partial charge in [0.05, 0.1) is 26.1 Å². The molecule has 0 fully saturated rings. The van der Waals surface area contributed by atoms with E-state index in [0.717, 1.165) is 16.7 Å². The van der Waals surface area contributed by atoms with Crippen LogP contribution in [-0.2, 0) is 31.9 Å². The number of rotatable bonds is 2. The Labute approximate surface area is 132 Å². The molecule has 5 nitrogen and oxygen atoms in total. The Hall–Kier alpha value is -1.33. The number of aromatic nitrogens is 1. The Morgan fingerprint density at radius 3 is 1.95 bits per heavy atom. The minimum Gasteiger partial charge on any atom is -0.469 e. The van der Waals surface area contributed by atoms with Gasteiger partial charge in [-0.25, -0.2) is 4.98 Å². The van der Waals surface area contributed by atoms with Gasteiger partial charge in [-0.05, 0) is 36.5 Å². The van der Waals surface area contributed by atoms with Crippen molar-refractivity contribution in [3.8, 4) is 0 Å². The average molecular weight is 332 g/mol. The van der Waals surface area contributed by atoms with Crippen molar-refractivity contribution in [1.29, 1.82) is 0 Å². The van der Waals surface area contributed by atoms with Gasteiger partial charge < -0.3 is 9.47 Å². The average Bonchev–Trinajstić information content (AvgIpc) is 2.49. The predicted octanol–water partition coefficient (Wildman–Crippen LogP) is 2.37. The van der Waals surface area contributed by atoms with E-state index in [1.165, 1.54) is 14.2 Å². The number of ether oxygens (including phenoxy) is 2. The maximum Gasteiger partial charge on any atom is 0.309 e. The summed E-state index contributed by atoms with van der Waals surface area (Å²) in [5.74, 6) is -2.14. The molecule has 2 rings (SSSR count). The number of hydrogen-bond donors (Lipinski definition) is 0. The first-order chi connectivity index (χ1) is 9.90.